The number of rotatable bonds is 4. The van der Waals surface area contributed by atoms with Gasteiger partial charge in [-0.3, -0.25) is 0 Å². The van der Waals surface area contributed by atoms with E-state index in [1.54, 1.807) is 0 Å². The van der Waals surface area contributed by atoms with Crippen molar-refractivity contribution in [2.45, 2.75) is 42.4 Å². The van der Waals surface area contributed by atoms with E-state index in [0.717, 1.165) is 5.75 Å². The first-order valence-electron chi connectivity index (χ1n) is 8.57. The quantitative estimate of drug-likeness (QED) is 0.486. The maximum atomic E-state index is 2.33. The maximum Gasteiger partial charge on any atom is -0.00186 e. The van der Waals surface area contributed by atoms with Gasteiger partial charge in [0.25, 0.3) is 0 Å². The first-order valence-corrected chi connectivity index (χ1v) is 10.4. The molecular formula is C23H26S. The fraction of sp³-hybridized carbons (Fsp3) is 0.217. The van der Waals surface area contributed by atoms with Gasteiger partial charge in [0.2, 0.25) is 0 Å². The molecule has 0 amide bonds. The second-order valence-electron chi connectivity index (χ2n) is 6.47. The third-order valence-corrected chi connectivity index (χ3v) is 8.80. The van der Waals surface area contributed by atoms with Crippen molar-refractivity contribution in [2.75, 3.05) is 5.75 Å². The van der Waals surface area contributed by atoms with E-state index >= 15 is 0 Å². The zero-order valence-electron chi connectivity index (χ0n) is 15.0. The molecule has 0 saturated carbocycles. The molecule has 0 nitrogen and oxygen atoms in total. The van der Waals surface area contributed by atoms with Crippen LogP contribution >= 0.6 is 10.0 Å². The van der Waals surface area contributed by atoms with E-state index in [2.05, 4.69) is 100 Å². The lowest BCUT2D eigenvalue weighted by Crippen LogP contribution is -2.06. The minimum absolute atomic E-state index is 1.11. The highest BCUT2D eigenvalue weighted by atomic mass is 32.3. The number of aryl methyl sites for hydroxylation is 3. The molecule has 3 rings (SSSR count). The molecule has 124 valence electrons. The van der Waals surface area contributed by atoms with Crippen LogP contribution < -0.4 is 0 Å². The van der Waals surface area contributed by atoms with E-state index in [4.69, 9.17) is 0 Å². The van der Waals surface area contributed by atoms with Crippen molar-refractivity contribution in [3.63, 3.8) is 0 Å². The fourth-order valence-corrected chi connectivity index (χ4v) is 6.84. The van der Waals surface area contributed by atoms with Gasteiger partial charge < -0.3 is 0 Å². The van der Waals surface area contributed by atoms with Crippen LogP contribution in [0.4, 0.5) is 0 Å². The number of benzene rings is 3. The topological polar surface area (TPSA) is 0 Å². The van der Waals surface area contributed by atoms with E-state index in [0.29, 0.717) is 0 Å². The third-order valence-electron chi connectivity index (χ3n) is 4.70. The molecule has 0 aliphatic carbocycles. The zero-order valence-corrected chi connectivity index (χ0v) is 15.9. The van der Waals surface area contributed by atoms with Crippen LogP contribution in [0.5, 0.6) is 0 Å². The molecule has 1 heteroatoms. The summed E-state index contributed by atoms with van der Waals surface area (Å²) < 4.78 is 0. The van der Waals surface area contributed by atoms with Crippen molar-refractivity contribution in [3.8, 4) is 0 Å². The first-order chi connectivity index (χ1) is 11.6. The van der Waals surface area contributed by atoms with Crippen molar-refractivity contribution in [3.05, 3.63) is 89.5 Å². The van der Waals surface area contributed by atoms with E-state index in [1.807, 2.05) is 0 Å². The Morgan fingerprint density at radius 2 is 0.750 bits per heavy atom. The monoisotopic (exact) mass is 334 g/mol. The Labute approximate surface area is 147 Å². The highest BCUT2D eigenvalue weighted by molar-refractivity contribution is 8.33. The Morgan fingerprint density at radius 1 is 0.500 bits per heavy atom. The van der Waals surface area contributed by atoms with Crippen LogP contribution in [0.15, 0.2) is 87.5 Å². The molecule has 0 spiro atoms. The number of hydrogen-bond donors (Lipinski definition) is 0. The van der Waals surface area contributed by atoms with E-state index < -0.39 is 10.0 Å². The minimum Gasteiger partial charge on any atom is -0.161 e. The first kappa shape index (κ1) is 16.9. The summed E-state index contributed by atoms with van der Waals surface area (Å²) in [6.07, 6.45) is 0. The average molecular weight is 335 g/mol. The molecule has 0 unspecified atom stereocenters. The van der Waals surface area contributed by atoms with Crippen LogP contribution in [0, 0.1) is 20.8 Å². The molecule has 0 aromatic heterocycles. The Hall–Kier alpha value is -1.99. The molecule has 0 aliphatic heterocycles. The summed E-state index contributed by atoms with van der Waals surface area (Å²) in [6, 6.07) is 27.4. The van der Waals surface area contributed by atoms with Gasteiger partial charge in [-0.25, -0.2) is 0 Å². The van der Waals surface area contributed by atoms with Crippen molar-refractivity contribution < 1.29 is 0 Å². The molecule has 0 aliphatic rings. The molecule has 0 heterocycles. The Kier molecular flexibility index (Phi) is 4.82. The van der Waals surface area contributed by atoms with Gasteiger partial charge in [0.15, 0.2) is 0 Å². The largest absolute Gasteiger partial charge is 0.161 e. The normalized spacial score (nSPS) is 12.2. The maximum absolute atomic E-state index is 2.33. The summed E-state index contributed by atoms with van der Waals surface area (Å²) in [5.41, 5.74) is 3.95. The van der Waals surface area contributed by atoms with Crippen molar-refractivity contribution in [1.29, 1.82) is 0 Å². The second-order valence-corrected chi connectivity index (χ2v) is 9.94. The van der Waals surface area contributed by atoms with Crippen molar-refractivity contribution >= 4 is 10.0 Å². The van der Waals surface area contributed by atoms with Gasteiger partial charge in [-0.15, -0.1) is 0 Å². The highest BCUT2D eigenvalue weighted by Gasteiger charge is 2.29. The van der Waals surface area contributed by atoms with Gasteiger partial charge in [0, 0.05) is 0 Å². The molecule has 3 aromatic rings. The zero-order chi connectivity index (χ0) is 17.2. The summed E-state index contributed by atoms with van der Waals surface area (Å²) in [7, 11) is -1.22. The smallest absolute Gasteiger partial charge is 0.00186 e. The van der Waals surface area contributed by atoms with Gasteiger partial charge >= 0.3 is 0 Å². The molecule has 0 fully saturated rings. The molecule has 0 atom stereocenters. The molecule has 0 N–H and O–H groups in total. The van der Waals surface area contributed by atoms with Gasteiger partial charge in [0.05, 0.1) is 0 Å². The molecule has 0 bridgehead atoms. The Morgan fingerprint density at radius 3 is 0.958 bits per heavy atom. The van der Waals surface area contributed by atoms with Gasteiger partial charge in [-0.05, 0) is 77.6 Å². The predicted octanol–water partition coefficient (Wildman–Crippen LogP) is 6.91. The standard InChI is InChI=1S/C23H26S/c1-5-24(21-12-6-18(2)7-13-21,22-14-8-19(3)9-15-22)23-16-10-20(4)11-17-23/h6-17H,5H2,1-4H3. The van der Waals surface area contributed by atoms with Crippen LogP contribution in [-0.2, 0) is 0 Å². The molecular weight excluding hydrogens is 308 g/mol. The lowest BCUT2D eigenvalue weighted by molar-refractivity contribution is 1.23. The van der Waals surface area contributed by atoms with E-state index in [9.17, 15) is 0 Å². The van der Waals surface area contributed by atoms with E-state index in [1.165, 1.54) is 31.4 Å². The molecule has 3 aromatic carbocycles. The highest BCUT2D eigenvalue weighted by Crippen LogP contribution is 2.67. The van der Waals surface area contributed by atoms with Crippen LogP contribution in [0.3, 0.4) is 0 Å². The van der Waals surface area contributed by atoms with Gasteiger partial charge in [-0.2, -0.15) is 10.0 Å². The predicted molar refractivity (Wildman–Crippen MR) is 106 cm³/mol. The van der Waals surface area contributed by atoms with Crippen molar-refractivity contribution in [2.24, 2.45) is 0 Å². The molecule has 0 radical (unpaired) electrons. The van der Waals surface area contributed by atoms with E-state index in [-0.39, 0.29) is 0 Å². The molecule has 24 heavy (non-hydrogen) atoms. The minimum atomic E-state index is -1.22. The molecule has 0 saturated heterocycles. The third kappa shape index (κ3) is 3.01. The van der Waals surface area contributed by atoms with Gasteiger partial charge in [-0.1, -0.05) is 60.0 Å². The summed E-state index contributed by atoms with van der Waals surface area (Å²) in [5, 5.41) is 0. The van der Waals surface area contributed by atoms with Crippen LogP contribution in [0.25, 0.3) is 0 Å². The summed E-state index contributed by atoms with van der Waals surface area (Å²) in [6.45, 7) is 8.80. The summed E-state index contributed by atoms with van der Waals surface area (Å²) >= 11 is 0. The average Bonchev–Trinajstić information content (AvgIpc) is 2.60. The lowest BCUT2D eigenvalue weighted by atomic mass is 10.2. The lowest BCUT2D eigenvalue weighted by Gasteiger charge is -2.41. The summed E-state index contributed by atoms with van der Waals surface area (Å²) in [5.74, 6) is 1.11. The Bertz CT molecular complexity index is 685. The van der Waals surface area contributed by atoms with Crippen LogP contribution in [0.1, 0.15) is 23.6 Å². The van der Waals surface area contributed by atoms with Gasteiger partial charge in [0.1, 0.15) is 0 Å². The number of hydrogen-bond acceptors (Lipinski definition) is 0. The Balaban J connectivity index is 2.27. The van der Waals surface area contributed by atoms with Crippen molar-refractivity contribution in [1.82, 2.24) is 0 Å². The SMILES string of the molecule is CCS(c1ccc(C)cc1)(c1ccc(C)cc1)c1ccc(C)cc1. The second kappa shape index (κ2) is 6.86. The van der Waals surface area contributed by atoms with Crippen LogP contribution in [-0.4, -0.2) is 5.75 Å². The fourth-order valence-electron chi connectivity index (χ4n) is 3.22. The van der Waals surface area contributed by atoms with Crippen LogP contribution in [0.2, 0.25) is 0 Å². The summed E-state index contributed by atoms with van der Waals surface area (Å²) in [4.78, 5) is 4.34.